The Balaban J connectivity index is 1.44. The second-order valence-electron chi connectivity index (χ2n) is 6.35. The number of thiophene rings is 1. The largest absolute Gasteiger partial charge is 0.381 e. The normalized spacial score (nSPS) is 26.7. The molecule has 0 amide bonds. The van der Waals surface area contributed by atoms with Crippen LogP contribution in [-0.4, -0.2) is 41.4 Å². The van der Waals surface area contributed by atoms with Gasteiger partial charge in [-0.25, -0.2) is 0 Å². The van der Waals surface area contributed by atoms with E-state index < -0.39 is 0 Å². The van der Waals surface area contributed by atoms with E-state index in [2.05, 4.69) is 27.2 Å². The molecule has 2 saturated heterocycles. The van der Waals surface area contributed by atoms with Crippen LogP contribution in [0.4, 0.5) is 0 Å². The molecule has 112 valence electrons. The van der Waals surface area contributed by atoms with Crippen LogP contribution >= 0.6 is 11.3 Å². The zero-order valence-electron chi connectivity index (χ0n) is 12.2. The van der Waals surface area contributed by atoms with Crippen LogP contribution in [0, 0.1) is 5.41 Å². The van der Waals surface area contributed by atoms with Crippen molar-refractivity contribution >= 4 is 11.3 Å². The summed E-state index contributed by atoms with van der Waals surface area (Å²) in [4.78, 5) is 5.33. The number of likely N-dealkylation sites (tertiary alicyclic amines) is 1. The van der Waals surface area contributed by atoms with E-state index in [0.717, 1.165) is 25.5 Å². The van der Waals surface area contributed by atoms with Crippen molar-refractivity contribution in [2.75, 3.05) is 26.3 Å². The van der Waals surface area contributed by atoms with Crippen LogP contribution in [0.2, 0.25) is 0 Å². The lowest BCUT2D eigenvalue weighted by Crippen LogP contribution is -2.43. The van der Waals surface area contributed by atoms with Gasteiger partial charge in [-0.05, 0) is 44.0 Å². The molecular weight excluding hydrogens is 282 g/mol. The van der Waals surface area contributed by atoms with E-state index in [1.807, 2.05) is 23.6 Å². The summed E-state index contributed by atoms with van der Waals surface area (Å²) in [5, 5.41) is 7.07. The Hall–Kier alpha value is -1.17. The van der Waals surface area contributed by atoms with Crippen molar-refractivity contribution in [1.29, 1.82) is 0 Å². The zero-order chi connectivity index (χ0) is 14.1. The summed E-state index contributed by atoms with van der Waals surface area (Å²) in [5.41, 5.74) is 1.56. The molecule has 1 spiro atoms. The van der Waals surface area contributed by atoms with Gasteiger partial charge in [-0.15, -0.1) is 11.3 Å². The highest BCUT2D eigenvalue weighted by atomic mass is 32.1. The van der Waals surface area contributed by atoms with Crippen molar-refractivity contribution in [3.63, 3.8) is 0 Å². The zero-order valence-corrected chi connectivity index (χ0v) is 13.0. The quantitative estimate of drug-likeness (QED) is 0.947. The molecule has 2 fully saturated rings. The maximum Gasteiger partial charge on any atom is 0.0749 e. The third-order valence-electron chi connectivity index (χ3n) is 4.73. The molecule has 1 N–H and O–H groups in total. The number of hydrogen-bond acceptors (Lipinski definition) is 4. The lowest BCUT2D eigenvalue weighted by molar-refractivity contribution is 0.0650. The van der Waals surface area contributed by atoms with Gasteiger partial charge in [0.2, 0.25) is 0 Å². The minimum Gasteiger partial charge on any atom is -0.381 e. The average Bonchev–Trinajstić information content (AvgIpc) is 3.20. The standard InChI is InChI=1S/C16H21N3OS/c1-5-16(6-9-20-12-16)11-19(8-1)10-13-2-3-15(21-13)14-4-7-17-18-14/h2-4,7H,1,5-6,8-12H2,(H,17,18). The molecular formula is C16H21N3OS. The first-order chi connectivity index (χ1) is 10.3. The third kappa shape index (κ3) is 2.78. The van der Waals surface area contributed by atoms with E-state index in [9.17, 15) is 0 Å². The molecule has 0 aromatic carbocycles. The molecule has 0 aliphatic carbocycles. The Kier molecular flexibility index (Phi) is 3.57. The number of piperidine rings is 1. The van der Waals surface area contributed by atoms with Crippen LogP contribution in [0.25, 0.3) is 10.6 Å². The fraction of sp³-hybridized carbons (Fsp3) is 0.562. The number of aromatic amines is 1. The molecule has 4 heterocycles. The van der Waals surface area contributed by atoms with Crippen LogP contribution in [-0.2, 0) is 11.3 Å². The van der Waals surface area contributed by atoms with Crippen LogP contribution in [0.1, 0.15) is 24.1 Å². The van der Waals surface area contributed by atoms with E-state index in [-0.39, 0.29) is 0 Å². The monoisotopic (exact) mass is 303 g/mol. The summed E-state index contributed by atoms with van der Waals surface area (Å²) >= 11 is 1.87. The summed E-state index contributed by atoms with van der Waals surface area (Å²) < 4.78 is 5.65. The predicted octanol–water partition coefficient (Wildman–Crippen LogP) is 3.14. The van der Waals surface area contributed by atoms with Crippen molar-refractivity contribution in [2.24, 2.45) is 5.41 Å². The number of hydrogen-bond donors (Lipinski definition) is 1. The lowest BCUT2D eigenvalue weighted by Gasteiger charge is -2.39. The predicted molar refractivity (Wildman–Crippen MR) is 84.3 cm³/mol. The Bertz CT molecular complexity index is 586. The van der Waals surface area contributed by atoms with E-state index in [1.165, 1.54) is 42.1 Å². The summed E-state index contributed by atoms with van der Waals surface area (Å²) in [7, 11) is 0. The average molecular weight is 303 g/mol. The van der Waals surface area contributed by atoms with E-state index in [0.29, 0.717) is 5.41 Å². The number of nitrogens with one attached hydrogen (secondary N) is 1. The molecule has 2 aromatic rings. The minimum absolute atomic E-state index is 0.446. The van der Waals surface area contributed by atoms with Crippen LogP contribution in [0.3, 0.4) is 0 Å². The molecule has 0 radical (unpaired) electrons. The van der Waals surface area contributed by atoms with Crippen molar-refractivity contribution in [3.05, 3.63) is 29.3 Å². The van der Waals surface area contributed by atoms with Gasteiger partial charge in [-0.1, -0.05) is 0 Å². The first-order valence-electron chi connectivity index (χ1n) is 7.72. The highest BCUT2D eigenvalue weighted by Crippen LogP contribution is 2.38. The van der Waals surface area contributed by atoms with Gasteiger partial charge in [0.05, 0.1) is 17.2 Å². The molecule has 1 atom stereocenters. The molecule has 21 heavy (non-hydrogen) atoms. The number of nitrogens with zero attached hydrogens (tertiary/aromatic N) is 2. The van der Waals surface area contributed by atoms with Gasteiger partial charge >= 0.3 is 0 Å². The lowest BCUT2D eigenvalue weighted by atomic mass is 9.79. The van der Waals surface area contributed by atoms with Crippen LogP contribution < -0.4 is 0 Å². The van der Waals surface area contributed by atoms with Gasteiger partial charge in [0.1, 0.15) is 0 Å². The van der Waals surface area contributed by atoms with Gasteiger partial charge < -0.3 is 4.74 Å². The molecule has 0 saturated carbocycles. The van der Waals surface area contributed by atoms with E-state index in [4.69, 9.17) is 4.74 Å². The summed E-state index contributed by atoms with van der Waals surface area (Å²) in [5.74, 6) is 0. The summed E-state index contributed by atoms with van der Waals surface area (Å²) in [6.45, 7) is 5.41. The van der Waals surface area contributed by atoms with Gasteiger partial charge in [0, 0.05) is 36.2 Å². The van der Waals surface area contributed by atoms with Gasteiger partial charge in [-0.3, -0.25) is 10.00 Å². The number of ether oxygens (including phenoxy) is 1. The highest BCUT2D eigenvalue weighted by molar-refractivity contribution is 7.15. The molecule has 2 aliphatic heterocycles. The topological polar surface area (TPSA) is 41.1 Å². The molecule has 2 aromatic heterocycles. The first-order valence-corrected chi connectivity index (χ1v) is 8.53. The second kappa shape index (κ2) is 5.55. The van der Waals surface area contributed by atoms with E-state index >= 15 is 0 Å². The first kappa shape index (κ1) is 13.5. The van der Waals surface area contributed by atoms with Crippen LogP contribution in [0.5, 0.6) is 0 Å². The number of H-pyrrole nitrogens is 1. The Labute approximate surface area is 129 Å². The summed E-state index contributed by atoms with van der Waals surface area (Å²) in [6, 6.07) is 6.49. The summed E-state index contributed by atoms with van der Waals surface area (Å²) in [6.07, 6.45) is 5.70. The van der Waals surface area contributed by atoms with Crippen molar-refractivity contribution in [3.8, 4) is 10.6 Å². The van der Waals surface area contributed by atoms with Crippen molar-refractivity contribution in [2.45, 2.75) is 25.8 Å². The van der Waals surface area contributed by atoms with Gasteiger partial charge in [-0.2, -0.15) is 5.10 Å². The smallest absolute Gasteiger partial charge is 0.0749 e. The van der Waals surface area contributed by atoms with Crippen molar-refractivity contribution < 1.29 is 4.74 Å². The maximum atomic E-state index is 5.65. The maximum absolute atomic E-state index is 5.65. The fourth-order valence-electron chi connectivity index (χ4n) is 3.64. The highest BCUT2D eigenvalue weighted by Gasteiger charge is 2.38. The minimum atomic E-state index is 0.446. The fourth-order valence-corrected chi connectivity index (χ4v) is 4.66. The number of rotatable bonds is 3. The molecule has 2 aliphatic rings. The second-order valence-corrected chi connectivity index (χ2v) is 7.52. The Morgan fingerprint density at radius 1 is 1.33 bits per heavy atom. The molecule has 0 bridgehead atoms. The number of aromatic nitrogens is 2. The third-order valence-corrected chi connectivity index (χ3v) is 5.84. The molecule has 5 heteroatoms. The molecule has 4 rings (SSSR count). The van der Waals surface area contributed by atoms with Crippen molar-refractivity contribution in [1.82, 2.24) is 15.1 Å². The molecule has 1 unspecified atom stereocenters. The van der Waals surface area contributed by atoms with Gasteiger partial charge in [0.25, 0.3) is 0 Å². The SMILES string of the molecule is c1cc(-c2ccc(CN3CCCC4(CCOC4)C3)s2)[nH]n1. The molecule has 4 nitrogen and oxygen atoms in total. The Morgan fingerprint density at radius 3 is 3.14 bits per heavy atom. The Morgan fingerprint density at radius 2 is 2.33 bits per heavy atom. The van der Waals surface area contributed by atoms with Gasteiger partial charge in [0.15, 0.2) is 0 Å². The van der Waals surface area contributed by atoms with E-state index in [1.54, 1.807) is 0 Å². The van der Waals surface area contributed by atoms with Crippen LogP contribution in [0.15, 0.2) is 24.4 Å².